The normalized spacial score (nSPS) is 13.3. The summed E-state index contributed by atoms with van der Waals surface area (Å²) in [5.74, 6) is 0. The van der Waals surface area contributed by atoms with Gasteiger partial charge in [-0.05, 0) is 19.5 Å². The van der Waals surface area contributed by atoms with Crippen LogP contribution in [-0.4, -0.2) is 34.1 Å². The highest BCUT2D eigenvalue weighted by molar-refractivity contribution is 5.06. The summed E-state index contributed by atoms with van der Waals surface area (Å²) in [6.07, 6.45) is 4.98. The number of imidazole rings is 1. The molecule has 1 unspecified atom stereocenters. The number of hydrogen-bond acceptors (Lipinski definition) is 3. The van der Waals surface area contributed by atoms with Crippen LogP contribution in [0.3, 0.4) is 0 Å². The van der Waals surface area contributed by atoms with Gasteiger partial charge in [0.25, 0.3) is 0 Å². The molecule has 1 aromatic heterocycles. The van der Waals surface area contributed by atoms with Crippen LogP contribution in [0.2, 0.25) is 0 Å². The fourth-order valence-corrected chi connectivity index (χ4v) is 2.16. The van der Waals surface area contributed by atoms with Crippen molar-refractivity contribution >= 4 is 0 Å². The first-order valence-corrected chi connectivity index (χ1v) is 6.22. The van der Waals surface area contributed by atoms with Gasteiger partial charge in [0.15, 0.2) is 0 Å². The lowest BCUT2D eigenvalue weighted by Crippen LogP contribution is -2.34. The van der Waals surface area contributed by atoms with Gasteiger partial charge < -0.3 is 10.3 Å². The molecule has 0 saturated heterocycles. The summed E-state index contributed by atoms with van der Waals surface area (Å²) < 4.78 is 2.22. The largest absolute Gasteiger partial charge is 0.333 e. The molecule has 0 bridgehead atoms. The second-order valence-corrected chi connectivity index (χ2v) is 3.98. The molecular formula is C12H24N4. The van der Waals surface area contributed by atoms with Crippen molar-refractivity contribution in [2.45, 2.75) is 39.8 Å². The molecule has 0 radical (unpaired) electrons. The van der Waals surface area contributed by atoms with Crippen molar-refractivity contribution in [3.63, 3.8) is 0 Å². The molecule has 2 N–H and O–H groups in total. The fourth-order valence-electron chi connectivity index (χ4n) is 2.16. The van der Waals surface area contributed by atoms with Crippen LogP contribution in [0.1, 0.15) is 38.9 Å². The smallest absolute Gasteiger partial charge is 0.0948 e. The average molecular weight is 224 g/mol. The van der Waals surface area contributed by atoms with Crippen LogP contribution in [-0.2, 0) is 6.54 Å². The maximum Gasteiger partial charge on any atom is 0.0948 e. The zero-order valence-corrected chi connectivity index (χ0v) is 10.7. The molecule has 0 saturated carbocycles. The number of aryl methyl sites for hydroxylation is 1. The van der Waals surface area contributed by atoms with Crippen LogP contribution >= 0.6 is 0 Å². The Morgan fingerprint density at radius 2 is 2.06 bits per heavy atom. The average Bonchev–Trinajstić information content (AvgIpc) is 2.74. The minimum Gasteiger partial charge on any atom is -0.333 e. The molecule has 0 spiro atoms. The number of aromatic nitrogens is 2. The first-order chi connectivity index (χ1) is 7.78. The van der Waals surface area contributed by atoms with E-state index in [0.717, 1.165) is 26.1 Å². The van der Waals surface area contributed by atoms with Crippen molar-refractivity contribution in [3.8, 4) is 0 Å². The first-order valence-electron chi connectivity index (χ1n) is 6.22. The molecular weight excluding hydrogens is 200 g/mol. The van der Waals surface area contributed by atoms with E-state index >= 15 is 0 Å². The first kappa shape index (κ1) is 13.2. The van der Waals surface area contributed by atoms with Crippen LogP contribution < -0.4 is 5.73 Å². The number of nitrogens with two attached hydrogens (primary N) is 1. The summed E-state index contributed by atoms with van der Waals surface area (Å²) >= 11 is 0. The molecule has 1 heterocycles. The van der Waals surface area contributed by atoms with Crippen LogP contribution in [0.15, 0.2) is 12.5 Å². The van der Waals surface area contributed by atoms with Gasteiger partial charge in [-0.2, -0.15) is 0 Å². The molecule has 92 valence electrons. The molecule has 16 heavy (non-hydrogen) atoms. The molecule has 4 nitrogen and oxygen atoms in total. The predicted octanol–water partition coefficient (Wildman–Crippen LogP) is 1.63. The summed E-state index contributed by atoms with van der Waals surface area (Å²) in [6.45, 7) is 10.2. The van der Waals surface area contributed by atoms with Gasteiger partial charge in [0, 0.05) is 19.3 Å². The molecule has 0 aliphatic heterocycles. The Morgan fingerprint density at radius 1 is 1.38 bits per heavy atom. The fraction of sp³-hybridized carbons (Fsp3) is 0.750. The van der Waals surface area contributed by atoms with E-state index < -0.39 is 0 Å². The third kappa shape index (κ3) is 2.83. The summed E-state index contributed by atoms with van der Waals surface area (Å²) in [6, 6.07) is 0.295. The molecule has 0 aliphatic carbocycles. The Bertz CT molecular complexity index is 291. The summed E-state index contributed by atoms with van der Waals surface area (Å²) in [5, 5.41) is 0. The lowest BCUT2D eigenvalue weighted by Gasteiger charge is -2.29. The predicted molar refractivity (Wildman–Crippen MR) is 67.2 cm³/mol. The van der Waals surface area contributed by atoms with E-state index in [2.05, 4.69) is 35.2 Å². The Balaban J connectivity index is 2.88. The molecule has 1 atom stereocenters. The number of likely N-dealkylation sites (N-methyl/N-ethyl adjacent to an activating group) is 1. The topological polar surface area (TPSA) is 47.1 Å². The van der Waals surface area contributed by atoms with Gasteiger partial charge in [0.05, 0.1) is 18.1 Å². The van der Waals surface area contributed by atoms with E-state index in [-0.39, 0.29) is 0 Å². The van der Waals surface area contributed by atoms with Crippen molar-refractivity contribution in [3.05, 3.63) is 18.2 Å². The molecule has 4 heteroatoms. The van der Waals surface area contributed by atoms with E-state index in [0.29, 0.717) is 12.6 Å². The Hall–Kier alpha value is -0.870. The van der Waals surface area contributed by atoms with Crippen LogP contribution in [0.4, 0.5) is 0 Å². The van der Waals surface area contributed by atoms with Gasteiger partial charge in [0.1, 0.15) is 0 Å². The molecule has 1 aromatic rings. The van der Waals surface area contributed by atoms with Crippen molar-refractivity contribution in [2.24, 2.45) is 5.73 Å². The summed E-state index contributed by atoms with van der Waals surface area (Å²) in [7, 11) is 0. The summed E-state index contributed by atoms with van der Waals surface area (Å²) in [4.78, 5) is 6.62. The van der Waals surface area contributed by atoms with Gasteiger partial charge in [0.2, 0.25) is 0 Å². The number of rotatable bonds is 7. The van der Waals surface area contributed by atoms with E-state index in [4.69, 9.17) is 5.73 Å². The molecule has 0 fully saturated rings. The molecule has 1 rings (SSSR count). The van der Waals surface area contributed by atoms with Gasteiger partial charge in [-0.25, -0.2) is 4.98 Å². The molecule has 0 aromatic carbocycles. The zero-order chi connectivity index (χ0) is 12.0. The van der Waals surface area contributed by atoms with Crippen molar-refractivity contribution in [1.82, 2.24) is 14.5 Å². The van der Waals surface area contributed by atoms with Gasteiger partial charge in [-0.1, -0.05) is 20.8 Å². The van der Waals surface area contributed by atoms with Crippen molar-refractivity contribution in [2.75, 3.05) is 19.6 Å². The highest BCUT2D eigenvalue weighted by atomic mass is 15.2. The molecule has 0 amide bonds. The number of hydrogen-bond donors (Lipinski definition) is 1. The zero-order valence-electron chi connectivity index (χ0n) is 10.7. The SMILES string of the molecule is CCCn1cncc1C(CN)N(CC)CC. The van der Waals surface area contributed by atoms with Gasteiger partial charge >= 0.3 is 0 Å². The maximum atomic E-state index is 5.90. The Kier molecular flexibility index (Phi) is 5.49. The lowest BCUT2D eigenvalue weighted by molar-refractivity contribution is 0.215. The molecule has 0 aliphatic rings. The lowest BCUT2D eigenvalue weighted by atomic mass is 10.1. The van der Waals surface area contributed by atoms with Crippen LogP contribution in [0, 0.1) is 0 Å². The third-order valence-electron chi connectivity index (χ3n) is 3.03. The highest BCUT2D eigenvalue weighted by Crippen LogP contribution is 2.19. The van der Waals surface area contributed by atoms with Crippen molar-refractivity contribution in [1.29, 1.82) is 0 Å². The standard InChI is InChI=1S/C12H24N4/c1-4-7-16-10-14-9-12(16)11(8-13)15(5-2)6-3/h9-11H,4-8,13H2,1-3H3. The Labute approximate surface area is 98.5 Å². The van der Waals surface area contributed by atoms with E-state index in [9.17, 15) is 0 Å². The van der Waals surface area contributed by atoms with E-state index in [1.807, 2.05) is 12.5 Å². The number of nitrogens with zero attached hydrogens (tertiary/aromatic N) is 3. The van der Waals surface area contributed by atoms with Crippen molar-refractivity contribution < 1.29 is 0 Å². The van der Waals surface area contributed by atoms with E-state index in [1.54, 1.807) is 0 Å². The second kappa shape index (κ2) is 6.66. The minimum atomic E-state index is 0.295. The maximum absolute atomic E-state index is 5.90. The monoisotopic (exact) mass is 224 g/mol. The minimum absolute atomic E-state index is 0.295. The van der Waals surface area contributed by atoms with Gasteiger partial charge in [-0.3, -0.25) is 4.90 Å². The summed E-state index contributed by atoms with van der Waals surface area (Å²) in [5.41, 5.74) is 7.14. The van der Waals surface area contributed by atoms with E-state index in [1.165, 1.54) is 5.69 Å². The third-order valence-corrected chi connectivity index (χ3v) is 3.03. The second-order valence-electron chi connectivity index (χ2n) is 3.98. The Morgan fingerprint density at radius 3 is 2.56 bits per heavy atom. The van der Waals surface area contributed by atoms with Crippen LogP contribution in [0.5, 0.6) is 0 Å². The quantitative estimate of drug-likeness (QED) is 0.766. The van der Waals surface area contributed by atoms with Crippen LogP contribution in [0.25, 0.3) is 0 Å². The van der Waals surface area contributed by atoms with Gasteiger partial charge in [-0.15, -0.1) is 0 Å². The highest BCUT2D eigenvalue weighted by Gasteiger charge is 2.19.